The lowest BCUT2D eigenvalue weighted by atomic mass is 9.78. The van der Waals surface area contributed by atoms with Gasteiger partial charge in [0.1, 0.15) is 0 Å². The van der Waals surface area contributed by atoms with Gasteiger partial charge >= 0.3 is 0 Å². The highest BCUT2D eigenvalue weighted by Crippen LogP contribution is 2.32. The molecule has 0 aromatic carbocycles. The van der Waals surface area contributed by atoms with Gasteiger partial charge in [0.15, 0.2) is 0 Å². The van der Waals surface area contributed by atoms with E-state index in [0.717, 1.165) is 5.92 Å². The molecule has 0 amide bonds. The Morgan fingerprint density at radius 2 is 1.55 bits per heavy atom. The normalized spacial score (nSPS) is 19.1. The van der Waals surface area contributed by atoms with Gasteiger partial charge in [-0.1, -0.05) is 72.6 Å². The van der Waals surface area contributed by atoms with Crippen molar-refractivity contribution in [2.45, 2.75) is 105 Å². The second kappa shape index (κ2) is 11.5. The van der Waals surface area contributed by atoms with E-state index in [1.807, 2.05) is 0 Å². The summed E-state index contributed by atoms with van der Waals surface area (Å²) in [7, 11) is 0. The average molecular weight is 310 g/mol. The molecule has 1 nitrogen and oxygen atoms in total. The van der Waals surface area contributed by atoms with Gasteiger partial charge in [-0.15, -0.1) is 0 Å². The fraction of sp³-hybridized carbons (Fsp3) is 1.00. The van der Waals surface area contributed by atoms with Crippen molar-refractivity contribution in [3.63, 3.8) is 0 Å². The quantitative estimate of drug-likeness (QED) is 0.385. The van der Waals surface area contributed by atoms with E-state index in [-0.39, 0.29) is 0 Å². The second-order valence-corrected chi connectivity index (χ2v) is 8.68. The maximum Gasteiger partial charge on any atom is -0.00162 e. The molecule has 1 atom stereocenters. The van der Waals surface area contributed by atoms with Gasteiger partial charge in [-0.25, -0.2) is 0 Å². The Labute approximate surface area is 141 Å². The number of hydrogen-bond acceptors (Lipinski definition) is 1. The molecule has 1 saturated heterocycles. The maximum atomic E-state index is 2.72. The van der Waals surface area contributed by atoms with Gasteiger partial charge in [0.05, 0.1) is 0 Å². The predicted octanol–water partition coefficient (Wildman–Crippen LogP) is 6.67. The predicted molar refractivity (Wildman–Crippen MR) is 100 cm³/mol. The summed E-state index contributed by atoms with van der Waals surface area (Å²) in [4.78, 5) is 2.72. The first-order valence-corrected chi connectivity index (χ1v) is 10.3. The van der Waals surface area contributed by atoms with Crippen LogP contribution in [0.15, 0.2) is 0 Å². The number of likely N-dealkylation sites (tertiary alicyclic amines) is 1. The standard InChI is InChI=1S/C21H43N/c1-5-6-7-8-11-15-21(3,4)19-20(2)14-18-22-16-12-9-10-13-17-22/h20H,5-19H2,1-4H3. The molecule has 0 radical (unpaired) electrons. The van der Waals surface area contributed by atoms with E-state index >= 15 is 0 Å². The molecule has 1 aliphatic rings. The molecule has 0 saturated carbocycles. The van der Waals surface area contributed by atoms with Crippen LogP contribution >= 0.6 is 0 Å². The van der Waals surface area contributed by atoms with Crippen molar-refractivity contribution < 1.29 is 0 Å². The van der Waals surface area contributed by atoms with Gasteiger partial charge in [0.25, 0.3) is 0 Å². The summed E-state index contributed by atoms with van der Waals surface area (Å²) in [5.41, 5.74) is 0.546. The molecule has 0 spiro atoms. The van der Waals surface area contributed by atoms with Crippen LogP contribution < -0.4 is 0 Å². The van der Waals surface area contributed by atoms with Gasteiger partial charge in [-0.2, -0.15) is 0 Å². The summed E-state index contributed by atoms with van der Waals surface area (Å²) in [6.45, 7) is 13.8. The zero-order valence-electron chi connectivity index (χ0n) is 16.1. The second-order valence-electron chi connectivity index (χ2n) is 8.68. The molecular weight excluding hydrogens is 266 g/mol. The monoisotopic (exact) mass is 309 g/mol. The van der Waals surface area contributed by atoms with E-state index in [1.54, 1.807) is 0 Å². The van der Waals surface area contributed by atoms with Crippen LogP contribution in [-0.4, -0.2) is 24.5 Å². The smallest absolute Gasteiger partial charge is 0.00162 e. The summed E-state index contributed by atoms with van der Waals surface area (Å²) in [5.74, 6) is 0.883. The zero-order chi connectivity index (χ0) is 16.3. The van der Waals surface area contributed by atoms with Gasteiger partial charge in [-0.3, -0.25) is 0 Å². The Balaban J connectivity index is 2.14. The molecule has 0 aromatic heterocycles. The summed E-state index contributed by atoms with van der Waals surface area (Å²) < 4.78 is 0. The molecule has 0 bridgehead atoms. The summed E-state index contributed by atoms with van der Waals surface area (Å²) in [5, 5.41) is 0. The van der Waals surface area contributed by atoms with Crippen LogP contribution in [0.1, 0.15) is 105 Å². The first kappa shape index (κ1) is 20.0. The lowest BCUT2D eigenvalue weighted by Gasteiger charge is -2.29. The van der Waals surface area contributed by atoms with E-state index in [9.17, 15) is 0 Å². The highest BCUT2D eigenvalue weighted by molar-refractivity contribution is 4.73. The Hall–Kier alpha value is -0.0400. The van der Waals surface area contributed by atoms with Gasteiger partial charge < -0.3 is 4.90 Å². The SMILES string of the molecule is CCCCCCCC(C)(C)CC(C)CCN1CCCCCC1. The Bertz CT molecular complexity index is 251. The first-order valence-electron chi connectivity index (χ1n) is 10.3. The number of rotatable bonds is 11. The molecule has 0 aliphatic carbocycles. The van der Waals surface area contributed by atoms with Crippen LogP contribution in [-0.2, 0) is 0 Å². The molecule has 1 heteroatoms. The summed E-state index contributed by atoms with van der Waals surface area (Å²) in [6, 6.07) is 0. The lowest BCUT2D eigenvalue weighted by Crippen LogP contribution is -2.27. The van der Waals surface area contributed by atoms with Crippen molar-refractivity contribution in [2.75, 3.05) is 19.6 Å². The maximum absolute atomic E-state index is 2.72. The lowest BCUT2D eigenvalue weighted by molar-refractivity contribution is 0.211. The van der Waals surface area contributed by atoms with Crippen LogP contribution in [0.25, 0.3) is 0 Å². The fourth-order valence-electron chi connectivity index (χ4n) is 4.12. The van der Waals surface area contributed by atoms with Crippen LogP contribution in [0.2, 0.25) is 0 Å². The van der Waals surface area contributed by atoms with Crippen molar-refractivity contribution in [1.82, 2.24) is 4.90 Å². The molecule has 1 aliphatic heterocycles. The van der Waals surface area contributed by atoms with Crippen molar-refractivity contribution in [1.29, 1.82) is 0 Å². The number of nitrogens with zero attached hydrogens (tertiary/aromatic N) is 1. The van der Waals surface area contributed by atoms with Crippen molar-refractivity contribution in [2.24, 2.45) is 11.3 Å². The highest BCUT2D eigenvalue weighted by atomic mass is 15.1. The zero-order valence-corrected chi connectivity index (χ0v) is 16.1. The Kier molecular flexibility index (Phi) is 10.4. The third kappa shape index (κ3) is 9.87. The minimum atomic E-state index is 0.546. The summed E-state index contributed by atoms with van der Waals surface area (Å²) in [6.07, 6.45) is 17.1. The van der Waals surface area contributed by atoms with E-state index < -0.39 is 0 Å². The molecular formula is C21H43N. The van der Waals surface area contributed by atoms with Gasteiger partial charge in [0, 0.05) is 0 Å². The summed E-state index contributed by atoms with van der Waals surface area (Å²) >= 11 is 0. The molecule has 0 N–H and O–H groups in total. The van der Waals surface area contributed by atoms with Crippen LogP contribution in [0.5, 0.6) is 0 Å². The van der Waals surface area contributed by atoms with E-state index in [4.69, 9.17) is 0 Å². The largest absolute Gasteiger partial charge is 0.303 e. The molecule has 1 unspecified atom stereocenters. The minimum Gasteiger partial charge on any atom is -0.303 e. The number of unbranched alkanes of at least 4 members (excludes halogenated alkanes) is 4. The Morgan fingerprint density at radius 1 is 0.909 bits per heavy atom. The van der Waals surface area contributed by atoms with E-state index in [0.29, 0.717) is 5.41 Å². The minimum absolute atomic E-state index is 0.546. The third-order valence-electron chi connectivity index (χ3n) is 5.49. The van der Waals surface area contributed by atoms with Crippen LogP contribution in [0, 0.1) is 11.3 Å². The average Bonchev–Trinajstić information content (AvgIpc) is 2.73. The first-order chi connectivity index (χ1) is 10.5. The Morgan fingerprint density at radius 3 is 2.18 bits per heavy atom. The van der Waals surface area contributed by atoms with Crippen LogP contribution in [0.3, 0.4) is 0 Å². The molecule has 1 heterocycles. The molecule has 22 heavy (non-hydrogen) atoms. The van der Waals surface area contributed by atoms with E-state index in [1.165, 1.54) is 96.7 Å². The van der Waals surface area contributed by atoms with Crippen molar-refractivity contribution in [3.05, 3.63) is 0 Å². The number of hydrogen-bond donors (Lipinski definition) is 0. The molecule has 132 valence electrons. The fourth-order valence-corrected chi connectivity index (χ4v) is 4.12. The highest BCUT2D eigenvalue weighted by Gasteiger charge is 2.21. The van der Waals surface area contributed by atoms with Gasteiger partial charge in [0.2, 0.25) is 0 Å². The van der Waals surface area contributed by atoms with Crippen molar-refractivity contribution in [3.8, 4) is 0 Å². The molecule has 0 aromatic rings. The van der Waals surface area contributed by atoms with E-state index in [2.05, 4.69) is 32.6 Å². The van der Waals surface area contributed by atoms with Gasteiger partial charge in [-0.05, 0) is 63.1 Å². The molecule has 1 rings (SSSR count). The van der Waals surface area contributed by atoms with Crippen LogP contribution in [0.4, 0.5) is 0 Å². The van der Waals surface area contributed by atoms with Crippen molar-refractivity contribution >= 4 is 0 Å². The topological polar surface area (TPSA) is 3.24 Å². The molecule has 1 fully saturated rings. The third-order valence-corrected chi connectivity index (χ3v) is 5.49.